The predicted octanol–water partition coefficient (Wildman–Crippen LogP) is 4.67. The molecule has 3 rings (SSSR count). The molecule has 1 aromatic heterocycles. The Labute approximate surface area is 167 Å². The number of thiazole rings is 1. The highest BCUT2D eigenvalue weighted by atomic mass is 32.1. The number of rotatable bonds is 8. The number of likely N-dealkylation sites (tertiary alicyclic amines) is 1. The monoisotopic (exact) mass is 385 g/mol. The summed E-state index contributed by atoms with van der Waals surface area (Å²) in [5, 5.41) is 1.20. The Morgan fingerprint density at radius 1 is 1.19 bits per heavy atom. The fourth-order valence-electron chi connectivity index (χ4n) is 3.81. The molecule has 27 heavy (non-hydrogen) atoms. The van der Waals surface area contributed by atoms with E-state index in [-0.39, 0.29) is 0 Å². The molecule has 5 heteroatoms. The third-order valence-corrected chi connectivity index (χ3v) is 6.59. The van der Waals surface area contributed by atoms with E-state index in [0.717, 1.165) is 39.1 Å². The van der Waals surface area contributed by atoms with E-state index in [0.29, 0.717) is 18.2 Å². The number of amides is 1. The average molecular weight is 386 g/mol. The van der Waals surface area contributed by atoms with Gasteiger partial charge in [-0.05, 0) is 57.7 Å². The van der Waals surface area contributed by atoms with Crippen LogP contribution < -0.4 is 0 Å². The van der Waals surface area contributed by atoms with Gasteiger partial charge >= 0.3 is 0 Å². The highest BCUT2D eigenvalue weighted by Crippen LogP contribution is 2.28. The van der Waals surface area contributed by atoms with Gasteiger partial charge in [0.15, 0.2) is 0 Å². The third kappa shape index (κ3) is 5.63. The van der Waals surface area contributed by atoms with Gasteiger partial charge in [-0.25, -0.2) is 4.98 Å². The second-order valence-electron chi connectivity index (χ2n) is 7.31. The van der Waals surface area contributed by atoms with Gasteiger partial charge in [0.05, 0.1) is 11.4 Å². The minimum absolute atomic E-state index is 0.318. The first-order valence-corrected chi connectivity index (χ1v) is 11.0. The lowest BCUT2D eigenvalue weighted by atomic mass is 9.92. The van der Waals surface area contributed by atoms with E-state index in [1.807, 2.05) is 17.2 Å². The summed E-state index contributed by atoms with van der Waals surface area (Å²) in [4.78, 5) is 22.5. The summed E-state index contributed by atoms with van der Waals surface area (Å²) in [6, 6.07) is 10.5. The zero-order valence-electron chi connectivity index (χ0n) is 16.6. The molecule has 1 fully saturated rings. The maximum Gasteiger partial charge on any atom is 0.222 e. The van der Waals surface area contributed by atoms with Crippen molar-refractivity contribution in [2.24, 2.45) is 5.92 Å². The van der Waals surface area contributed by atoms with Crippen molar-refractivity contribution in [3.63, 3.8) is 0 Å². The van der Waals surface area contributed by atoms with E-state index in [1.54, 1.807) is 11.3 Å². The van der Waals surface area contributed by atoms with Gasteiger partial charge in [-0.1, -0.05) is 30.3 Å². The Hall–Kier alpha value is -1.72. The number of hydrogen-bond acceptors (Lipinski definition) is 4. The lowest BCUT2D eigenvalue weighted by Crippen LogP contribution is -2.34. The summed E-state index contributed by atoms with van der Waals surface area (Å²) in [6.45, 7) is 8.94. The molecular formula is C22H31N3OS. The van der Waals surface area contributed by atoms with Crippen LogP contribution >= 0.6 is 11.3 Å². The Morgan fingerprint density at radius 2 is 1.89 bits per heavy atom. The molecule has 1 aromatic carbocycles. The zero-order chi connectivity index (χ0) is 19.1. The molecule has 0 N–H and O–H groups in total. The van der Waals surface area contributed by atoms with Crippen LogP contribution in [0.3, 0.4) is 0 Å². The van der Waals surface area contributed by atoms with E-state index in [1.165, 1.54) is 28.3 Å². The standard InChI is InChI=1S/C22H31N3OS/c1-3-25(4-2)22(26)11-10-18-12-14-24(15-13-18)17-21-23-16-20(27-21)19-8-6-5-7-9-19/h5-9,16,18H,3-4,10-15,17H2,1-2H3. The van der Waals surface area contributed by atoms with Crippen molar-refractivity contribution >= 4 is 17.2 Å². The number of piperidine rings is 1. The molecule has 1 aliphatic heterocycles. The van der Waals surface area contributed by atoms with E-state index < -0.39 is 0 Å². The number of benzene rings is 1. The van der Waals surface area contributed by atoms with E-state index in [9.17, 15) is 4.79 Å². The Morgan fingerprint density at radius 3 is 2.56 bits per heavy atom. The molecule has 0 aliphatic carbocycles. The summed E-state index contributed by atoms with van der Waals surface area (Å²) in [5.41, 5.74) is 1.25. The first-order valence-electron chi connectivity index (χ1n) is 10.2. The van der Waals surface area contributed by atoms with Crippen molar-refractivity contribution in [3.05, 3.63) is 41.5 Å². The largest absolute Gasteiger partial charge is 0.343 e. The molecular weight excluding hydrogens is 354 g/mol. The quantitative estimate of drug-likeness (QED) is 0.662. The van der Waals surface area contributed by atoms with Gasteiger partial charge in [0.2, 0.25) is 5.91 Å². The van der Waals surface area contributed by atoms with Crippen LogP contribution in [-0.4, -0.2) is 46.9 Å². The number of nitrogens with zero attached hydrogens (tertiary/aromatic N) is 3. The summed E-state index contributed by atoms with van der Waals surface area (Å²) < 4.78 is 0. The molecule has 0 bridgehead atoms. The van der Waals surface area contributed by atoms with Crippen molar-refractivity contribution in [1.29, 1.82) is 0 Å². The molecule has 1 saturated heterocycles. The van der Waals surface area contributed by atoms with Gasteiger partial charge in [0, 0.05) is 25.7 Å². The molecule has 0 atom stereocenters. The maximum atomic E-state index is 12.2. The molecule has 0 saturated carbocycles. The zero-order valence-corrected chi connectivity index (χ0v) is 17.4. The Bertz CT molecular complexity index is 703. The van der Waals surface area contributed by atoms with Gasteiger partial charge < -0.3 is 4.90 Å². The van der Waals surface area contributed by atoms with Crippen LogP contribution in [-0.2, 0) is 11.3 Å². The summed E-state index contributed by atoms with van der Waals surface area (Å²) in [7, 11) is 0. The molecule has 4 nitrogen and oxygen atoms in total. The number of hydrogen-bond donors (Lipinski definition) is 0. The van der Waals surface area contributed by atoms with Crippen LogP contribution in [0.15, 0.2) is 36.5 Å². The van der Waals surface area contributed by atoms with Crippen molar-refractivity contribution in [2.45, 2.75) is 46.1 Å². The highest BCUT2D eigenvalue weighted by molar-refractivity contribution is 7.15. The minimum Gasteiger partial charge on any atom is -0.343 e. The van der Waals surface area contributed by atoms with Crippen molar-refractivity contribution < 1.29 is 4.79 Å². The first-order chi connectivity index (χ1) is 13.2. The average Bonchev–Trinajstić information content (AvgIpc) is 3.17. The van der Waals surface area contributed by atoms with E-state index in [4.69, 9.17) is 0 Å². The van der Waals surface area contributed by atoms with Gasteiger partial charge in [-0.2, -0.15) is 0 Å². The van der Waals surface area contributed by atoms with Crippen LogP contribution in [0.1, 0.15) is 44.5 Å². The topological polar surface area (TPSA) is 36.4 Å². The molecule has 1 amide bonds. The maximum absolute atomic E-state index is 12.2. The Kier molecular flexibility index (Phi) is 7.41. The number of carbonyl (C=O) groups is 1. The van der Waals surface area contributed by atoms with Crippen LogP contribution in [0.5, 0.6) is 0 Å². The molecule has 146 valence electrons. The van der Waals surface area contributed by atoms with Crippen molar-refractivity contribution in [1.82, 2.24) is 14.8 Å². The Balaban J connectivity index is 1.42. The fourth-order valence-corrected chi connectivity index (χ4v) is 4.77. The second kappa shape index (κ2) is 10.00. The first kappa shape index (κ1) is 20.0. The smallest absolute Gasteiger partial charge is 0.222 e. The van der Waals surface area contributed by atoms with Crippen molar-refractivity contribution in [2.75, 3.05) is 26.2 Å². The molecule has 2 heterocycles. The van der Waals surface area contributed by atoms with Crippen LogP contribution in [0.25, 0.3) is 10.4 Å². The third-order valence-electron chi connectivity index (χ3n) is 5.56. The molecule has 0 spiro atoms. The van der Waals surface area contributed by atoms with Crippen LogP contribution in [0.2, 0.25) is 0 Å². The second-order valence-corrected chi connectivity index (χ2v) is 8.42. The molecule has 2 aromatic rings. The number of aromatic nitrogens is 1. The molecule has 0 radical (unpaired) electrons. The fraction of sp³-hybridized carbons (Fsp3) is 0.545. The minimum atomic E-state index is 0.318. The summed E-state index contributed by atoms with van der Waals surface area (Å²) in [6.07, 6.45) is 6.14. The highest BCUT2D eigenvalue weighted by Gasteiger charge is 2.21. The summed E-state index contributed by atoms with van der Waals surface area (Å²) in [5.74, 6) is 1.01. The van der Waals surface area contributed by atoms with Gasteiger partial charge in [0.1, 0.15) is 5.01 Å². The predicted molar refractivity (Wildman–Crippen MR) is 113 cm³/mol. The van der Waals surface area contributed by atoms with E-state index in [2.05, 4.69) is 48.0 Å². The normalized spacial score (nSPS) is 15.8. The van der Waals surface area contributed by atoms with Crippen LogP contribution in [0.4, 0.5) is 0 Å². The van der Waals surface area contributed by atoms with Gasteiger partial charge in [-0.3, -0.25) is 9.69 Å². The van der Waals surface area contributed by atoms with Crippen LogP contribution in [0, 0.1) is 5.92 Å². The lowest BCUT2D eigenvalue weighted by Gasteiger charge is -2.31. The SMILES string of the molecule is CCN(CC)C(=O)CCC1CCN(Cc2ncc(-c3ccccc3)s2)CC1. The van der Waals surface area contributed by atoms with Gasteiger partial charge in [-0.15, -0.1) is 11.3 Å². The molecule has 0 unspecified atom stereocenters. The van der Waals surface area contributed by atoms with Crippen molar-refractivity contribution in [3.8, 4) is 10.4 Å². The number of carbonyl (C=O) groups excluding carboxylic acids is 1. The molecule has 1 aliphatic rings. The summed E-state index contributed by atoms with van der Waals surface area (Å²) >= 11 is 1.80. The van der Waals surface area contributed by atoms with Gasteiger partial charge in [0.25, 0.3) is 0 Å². The lowest BCUT2D eigenvalue weighted by molar-refractivity contribution is -0.131. The van der Waals surface area contributed by atoms with E-state index >= 15 is 0 Å².